The first-order chi connectivity index (χ1) is 9.01. The number of fused-ring (bicyclic) bond motifs is 1. The van der Waals surface area contributed by atoms with Crippen molar-refractivity contribution < 1.29 is 30.7 Å². The van der Waals surface area contributed by atoms with Gasteiger partial charge in [-0.15, -0.1) is 0 Å². The Morgan fingerprint density at radius 3 is 2.10 bits per heavy atom. The number of nitrogens with one attached hydrogen (secondary N) is 1. The third kappa shape index (κ3) is 2.41. The minimum atomic E-state index is -4.80. The van der Waals surface area contributed by atoms with E-state index in [0.29, 0.717) is 0 Å². The number of Topliss-reactive ketones (excluding diaryl/α,β-unsaturated/α-hetero) is 1. The predicted octanol–water partition coefficient (Wildman–Crippen LogP) is 0.378. The molecule has 1 aromatic rings. The van der Waals surface area contributed by atoms with Gasteiger partial charge >= 0.3 is 0 Å². The Morgan fingerprint density at radius 1 is 1.00 bits per heavy atom. The molecule has 0 unspecified atom stereocenters. The van der Waals surface area contributed by atoms with Crippen LogP contribution in [0.2, 0.25) is 0 Å². The van der Waals surface area contributed by atoms with Gasteiger partial charge in [0.2, 0.25) is 5.78 Å². The molecule has 0 amide bonds. The fourth-order valence-electron chi connectivity index (χ4n) is 1.69. The zero-order chi connectivity index (χ0) is 15.3. The molecule has 0 aromatic heterocycles. The molecule has 0 aliphatic heterocycles. The highest BCUT2D eigenvalue weighted by Gasteiger charge is 2.31. The van der Waals surface area contributed by atoms with Gasteiger partial charge in [-0.05, 0) is 29.8 Å². The van der Waals surface area contributed by atoms with Gasteiger partial charge in [0.15, 0.2) is 0 Å². The van der Waals surface area contributed by atoms with Crippen LogP contribution in [-0.2, 0) is 20.2 Å². The van der Waals surface area contributed by atoms with Crippen LogP contribution in [0.15, 0.2) is 28.0 Å². The fourth-order valence-corrected chi connectivity index (χ4v) is 2.83. The van der Waals surface area contributed by atoms with E-state index in [1.807, 2.05) is 0 Å². The van der Waals surface area contributed by atoms with Crippen LogP contribution in [0, 0.1) is 5.41 Å². The van der Waals surface area contributed by atoms with Crippen molar-refractivity contribution in [2.75, 3.05) is 0 Å². The average Bonchev–Trinajstić information content (AvgIpc) is 2.30. The quantitative estimate of drug-likeness (QED) is 0.667. The van der Waals surface area contributed by atoms with Crippen LogP contribution >= 0.6 is 0 Å². The van der Waals surface area contributed by atoms with E-state index in [0.717, 1.165) is 24.3 Å². The van der Waals surface area contributed by atoms with Crippen molar-refractivity contribution in [1.82, 2.24) is 0 Å². The molecule has 10 heteroatoms. The van der Waals surface area contributed by atoms with E-state index in [1.165, 1.54) is 0 Å². The number of rotatable bonds is 2. The largest absolute Gasteiger partial charge is 0.296 e. The van der Waals surface area contributed by atoms with Gasteiger partial charge in [0, 0.05) is 5.56 Å². The van der Waals surface area contributed by atoms with E-state index in [-0.39, 0.29) is 11.1 Å². The third-order valence-electron chi connectivity index (χ3n) is 2.60. The van der Waals surface area contributed by atoms with Gasteiger partial charge in [0.05, 0.1) is 4.90 Å². The van der Waals surface area contributed by atoms with E-state index in [9.17, 15) is 21.6 Å². The van der Waals surface area contributed by atoms with Gasteiger partial charge in [-0.1, -0.05) is 0 Å². The van der Waals surface area contributed by atoms with Crippen LogP contribution < -0.4 is 0 Å². The highest BCUT2D eigenvalue weighted by atomic mass is 32.2. The summed E-state index contributed by atoms with van der Waals surface area (Å²) in [4.78, 5) is 10.3. The summed E-state index contributed by atoms with van der Waals surface area (Å²) in [5, 5.41) is 7.39. The Morgan fingerprint density at radius 2 is 1.60 bits per heavy atom. The van der Waals surface area contributed by atoms with E-state index < -0.39 is 41.5 Å². The second-order valence-electron chi connectivity index (χ2n) is 3.91. The normalized spacial score (nSPS) is 15.8. The van der Waals surface area contributed by atoms with E-state index >= 15 is 0 Å². The molecule has 106 valence electrons. The molecule has 2 rings (SSSR count). The highest BCUT2D eigenvalue weighted by Crippen LogP contribution is 2.26. The van der Waals surface area contributed by atoms with Crippen LogP contribution in [0.25, 0.3) is 6.08 Å². The maximum absolute atomic E-state index is 11.8. The maximum atomic E-state index is 11.8. The summed E-state index contributed by atoms with van der Waals surface area (Å²) >= 11 is 0. The number of carbonyl (C=O) groups is 1. The maximum Gasteiger partial charge on any atom is 0.296 e. The standard InChI is InChI=1S/C10H7NO7S2/c11-9-8(20(16,17)18)4-5-3-6(19(13,14)15)1-2-7(5)10(9)12/h1-4,11H,(H,13,14,15)(H,16,17,18). The lowest BCUT2D eigenvalue weighted by molar-refractivity contribution is 0.106. The molecule has 1 aliphatic rings. The Hall–Kier alpha value is -1.88. The number of ketones is 1. The molecule has 0 heterocycles. The average molecular weight is 317 g/mol. The lowest BCUT2D eigenvalue weighted by Gasteiger charge is -2.15. The summed E-state index contributed by atoms with van der Waals surface area (Å²) in [6, 6.07) is 2.87. The molecule has 3 N–H and O–H groups in total. The van der Waals surface area contributed by atoms with Crippen molar-refractivity contribution in [2.45, 2.75) is 4.90 Å². The number of benzene rings is 1. The van der Waals surface area contributed by atoms with Crippen LogP contribution in [0.4, 0.5) is 0 Å². The summed E-state index contributed by atoms with van der Waals surface area (Å²) in [6.07, 6.45) is 0.795. The zero-order valence-electron chi connectivity index (χ0n) is 9.56. The predicted molar refractivity (Wildman–Crippen MR) is 67.8 cm³/mol. The molecule has 0 spiro atoms. The number of allylic oxidation sites excluding steroid dienone is 1. The summed E-state index contributed by atoms with van der Waals surface area (Å²) < 4.78 is 61.9. The van der Waals surface area contributed by atoms with Crippen molar-refractivity contribution in [2.24, 2.45) is 0 Å². The first-order valence-electron chi connectivity index (χ1n) is 4.96. The first-order valence-corrected chi connectivity index (χ1v) is 7.84. The van der Waals surface area contributed by atoms with Crippen molar-refractivity contribution in [3.05, 3.63) is 34.2 Å². The fraction of sp³-hybridized carbons (Fsp3) is 0. The highest BCUT2D eigenvalue weighted by molar-refractivity contribution is 7.91. The van der Waals surface area contributed by atoms with Gasteiger partial charge in [0.25, 0.3) is 20.2 Å². The van der Waals surface area contributed by atoms with Crippen molar-refractivity contribution >= 4 is 37.8 Å². The van der Waals surface area contributed by atoms with Crippen LogP contribution in [-0.4, -0.2) is 37.4 Å². The van der Waals surface area contributed by atoms with E-state index in [1.54, 1.807) is 0 Å². The topological polar surface area (TPSA) is 150 Å². The summed E-state index contributed by atoms with van der Waals surface area (Å²) in [6.45, 7) is 0. The zero-order valence-corrected chi connectivity index (χ0v) is 11.2. The molecule has 0 fully saturated rings. The molecule has 0 atom stereocenters. The lowest BCUT2D eigenvalue weighted by Crippen LogP contribution is -2.25. The third-order valence-corrected chi connectivity index (χ3v) is 4.33. The Labute approximate surface area is 113 Å². The summed E-state index contributed by atoms with van der Waals surface area (Å²) in [5.74, 6) is -0.975. The summed E-state index contributed by atoms with van der Waals surface area (Å²) in [5.41, 5.74) is -1.15. The Kier molecular flexibility index (Phi) is 3.13. The summed E-state index contributed by atoms with van der Waals surface area (Å²) in [7, 11) is -9.32. The number of carbonyl (C=O) groups excluding carboxylic acids is 1. The smallest absolute Gasteiger partial charge is 0.296 e. The van der Waals surface area contributed by atoms with Crippen molar-refractivity contribution in [3.63, 3.8) is 0 Å². The molecule has 0 radical (unpaired) electrons. The van der Waals surface area contributed by atoms with Gasteiger partial charge < -0.3 is 0 Å². The van der Waals surface area contributed by atoms with Gasteiger partial charge in [-0.2, -0.15) is 16.8 Å². The molecule has 0 bridgehead atoms. The molecular formula is C10H7NO7S2. The first kappa shape index (κ1) is 14.5. The van der Waals surface area contributed by atoms with Gasteiger partial charge in [-0.25, -0.2) is 0 Å². The molecular weight excluding hydrogens is 310 g/mol. The molecule has 1 aromatic carbocycles. The van der Waals surface area contributed by atoms with E-state index in [2.05, 4.69) is 0 Å². The molecule has 20 heavy (non-hydrogen) atoms. The minimum Gasteiger partial charge on any atom is -0.296 e. The molecule has 1 aliphatic carbocycles. The molecule has 0 saturated heterocycles. The molecule has 0 saturated carbocycles. The second-order valence-corrected chi connectivity index (χ2v) is 6.72. The van der Waals surface area contributed by atoms with E-state index in [4.69, 9.17) is 14.5 Å². The van der Waals surface area contributed by atoms with Crippen molar-refractivity contribution in [1.29, 1.82) is 5.41 Å². The van der Waals surface area contributed by atoms with Crippen LogP contribution in [0.5, 0.6) is 0 Å². The second kappa shape index (κ2) is 4.31. The number of hydrogen-bond donors (Lipinski definition) is 3. The van der Waals surface area contributed by atoms with Gasteiger partial charge in [-0.3, -0.25) is 19.3 Å². The minimum absolute atomic E-state index is 0.102. The number of hydrogen-bond acceptors (Lipinski definition) is 6. The van der Waals surface area contributed by atoms with Crippen LogP contribution in [0.1, 0.15) is 15.9 Å². The monoisotopic (exact) mass is 317 g/mol. The van der Waals surface area contributed by atoms with Crippen LogP contribution in [0.3, 0.4) is 0 Å². The Bertz CT molecular complexity index is 878. The van der Waals surface area contributed by atoms with Gasteiger partial charge in [0.1, 0.15) is 10.6 Å². The molecule has 8 nitrogen and oxygen atoms in total. The SMILES string of the molecule is N=C1C(=O)c2ccc(S(=O)(=O)O)cc2C=C1S(=O)(=O)O. The Balaban J connectivity index is 2.78. The van der Waals surface area contributed by atoms with Crippen molar-refractivity contribution in [3.8, 4) is 0 Å². The lowest BCUT2D eigenvalue weighted by atomic mass is 9.95.